The Kier molecular flexibility index (Phi) is 2.53. The molecule has 0 bridgehead atoms. The summed E-state index contributed by atoms with van der Waals surface area (Å²) in [6, 6.07) is 0.355. The Hall–Kier alpha value is -0.570. The number of ether oxygens (including phenoxy) is 1. The van der Waals surface area contributed by atoms with Gasteiger partial charge in [0.15, 0.2) is 0 Å². The van der Waals surface area contributed by atoms with E-state index >= 15 is 0 Å². The predicted octanol–water partition coefficient (Wildman–Crippen LogP) is 1.86. The van der Waals surface area contributed by atoms with Gasteiger partial charge in [-0.05, 0) is 33.1 Å². The summed E-state index contributed by atoms with van der Waals surface area (Å²) in [6.07, 6.45) is 3.74. The fourth-order valence-corrected chi connectivity index (χ4v) is 3.34. The molecule has 86 valence electrons. The lowest BCUT2D eigenvalue weighted by Gasteiger charge is -2.45. The fraction of sp³-hybridized carbons (Fsp3) is 0.917. The zero-order chi connectivity index (χ0) is 11.1. The first-order chi connectivity index (χ1) is 6.97. The second kappa shape index (κ2) is 3.48. The molecule has 2 fully saturated rings. The van der Waals surface area contributed by atoms with Crippen LogP contribution in [0, 0.1) is 5.41 Å². The van der Waals surface area contributed by atoms with Gasteiger partial charge in [-0.1, -0.05) is 6.92 Å². The first-order valence-electron chi connectivity index (χ1n) is 5.91. The van der Waals surface area contributed by atoms with Gasteiger partial charge >= 0.3 is 0 Å². The van der Waals surface area contributed by atoms with Crippen LogP contribution in [0.25, 0.3) is 0 Å². The van der Waals surface area contributed by atoms with Crippen molar-refractivity contribution >= 4 is 5.91 Å². The van der Waals surface area contributed by atoms with E-state index in [0.717, 1.165) is 25.9 Å². The molecule has 0 saturated carbocycles. The molecule has 15 heavy (non-hydrogen) atoms. The number of hydrogen-bond acceptors (Lipinski definition) is 2. The zero-order valence-corrected chi connectivity index (χ0v) is 9.93. The summed E-state index contributed by atoms with van der Waals surface area (Å²) in [5.74, 6) is 0.222. The van der Waals surface area contributed by atoms with Gasteiger partial charge in [-0.3, -0.25) is 4.79 Å². The molecule has 0 aliphatic carbocycles. The Morgan fingerprint density at radius 2 is 2.27 bits per heavy atom. The maximum absolute atomic E-state index is 11.5. The SMILES string of the molecule is CCC1NC(=O)CC12CCOC(C)(C)C2. The minimum absolute atomic E-state index is 0.0715. The lowest BCUT2D eigenvalue weighted by molar-refractivity contribution is -0.123. The van der Waals surface area contributed by atoms with Crippen molar-refractivity contribution in [3.63, 3.8) is 0 Å². The summed E-state index contributed by atoms with van der Waals surface area (Å²) < 4.78 is 5.74. The third kappa shape index (κ3) is 1.89. The normalized spacial score (nSPS) is 39.4. The second-order valence-electron chi connectivity index (χ2n) is 5.60. The van der Waals surface area contributed by atoms with E-state index in [1.807, 2.05) is 0 Å². The van der Waals surface area contributed by atoms with Crippen LogP contribution in [-0.4, -0.2) is 24.2 Å². The van der Waals surface area contributed by atoms with Crippen molar-refractivity contribution in [1.29, 1.82) is 0 Å². The molecule has 3 heteroatoms. The van der Waals surface area contributed by atoms with Crippen molar-refractivity contribution in [3.05, 3.63) is 0 Å². The van der Waals surface area contributed by atoms with Crippen molar-refractivity contribution < 1.29 is 9.53 Å². The van der Waals surface area contributed by atoms with Gasteiger partial charge in [0.25, 0.3) is 0 Å². The molecule has 2 unspecified atom stereocenters. The van der Waals surface area contributed by atoms with E-state index in [2.05, 4.69) is 26.1 Å². The van der Waals surface area contributed by atoms with Crippen LogP contribution in [0.1, 0.15) is 46.5 Å². The highest BCUT2D eigenvalue weighted by Gasteiger charge is 2.50. The summed E-state index contributed by atoms with van der Waals surface area (Å²) in [5, 5.41) is 3.11. The van der Waals surface area contributed by atoms with Gasteiger partial charge in [-0.15, -0.1) is 0 Å². The Labute approximate surface area is 91.6 Å². The Morgan fingerprint density at radius 3 is 2.87 bits per heavy atom. The van der Waals surface area contributed by atoms with Gasteiger partial charge in [0, 0.05) is 24.5 Å². The van der Waals surface area contributed by atoms with E-state index in [1.165, 1.54) is 0 Å². The van der Waals surface area contributed by atoms with E-state index in [9.17, 15) is 4.79 Å². The number of rotatable bonds is 1. The van der Waals surface area contributed by atoms with Gasteiger partial charge < -0.3 is 10.1 Å². The third-order valence-electron chi connectivity index (χ3n) is 3.87. The smallest absolute Gasteiger partial charge is 0.220 e. The maximum Gasteiger partial charge on any atom is 0.220 e. The van der Waals surface area contributed by atoms with E-state index in [-0.39, 0.29) is 16.9 Å². The second-order valence-corrected chi connectivity index (χ2v) is 5.60. The van der Waals surface area contributed by atoms with Crippen LogP contribution in [0.3, 0.4) is 0 Å². The van der Waals surface area contributed by atoms with Gasteiger partial charge in [0.05, 0.1) is 5.60 Å². The van der Waals surface area contributed by atoms with Crippen LogP contribution in [0.15, 0.2) is 0 Å². The molecule has 2 saturated heterocycles. The number of amides is 1. The first-order valence-corrected chi connectivity index (χ1v) is 5.91. The van der Waals surface area contributed by atoms with Crippen LogP contribution in [0.2, 0.25) is 0 Å². The number of nitrogens with one attached hydrogen (secondary N) is 1. The maximum atomic E-state index is 11.5. The average molecular weight is 211 g/mol. The molecule has 2 aliphatic heterocycles. The molecule has 2 heterocycles. The Morgan fingerprint density at radius 1 is 1.53 bits per heavy atom. The Balaban J connectivity index is 2.20. The Bertz CT molecular complexity index is 275. The molecule has 1 amide bonds. The molecular weight excluding hydrogens is 190 g/mol. The number of carbonyl (C=O) groups excluding carboxylic acids is 1. The molecule has 3 nitrogen and oxygen atoms in total. The van der Waals surface area contributed by atoms with Crippen LogP contribution in [0.4, 0.5) is 0 Å². The van der Waals surface area contributed by atoms with Crippen LogP contribution >= 0.6 is 0 Å². The first kappa shape index (κ1) is 10.9. The van der Waals surface area contributed by atoms with Crippen molar-refractivity contribution in [1.82, 2.24) is 5.32 Å². The summed E-state index contributed by atoms with van der Waals surface area (Å²) in [4.78, 5) is 11.5. The highest BCUT2D eigenvalue weighted by Crippen LogP contribution is 2.47. The topological polar surface area (TPSA) is 38.3 Å². The van der Waals surface area contributed by atoms with Crippen LogP contribution < -0.4 is 5.32 Å². The van der Waals surface area contributed by atoms with Gasteiger partial charge in [0.1, 0.15) is 0 Å². The van der Waals surface area contributed by atoms with E-state index in [1.54, 1.807) is 0 Å². The summed E-state index contributed by atoms with van der Waals surface area (Å²) in [7, 11) is 0. The molecule has 2 rings (SSSR count). The molecule has 2 aliphatic rings. The molecule has 2 atom stereocenters. The van der Waals surface area contributed by atoms with E-state index in [0.29, 0.717) is 12.5 Å². The van der Waals surface area contributed by atoms with Crippen molar-refractivity contribution in [2.75, 3.05) is 6.61 Å². The number of hydrogen-bond donors (Lipinski definition) is 1. The molecule has 0 aromatic rings. The third-order valence-corrected chi connectivity index (χ3v) is 3.87. The summed E-state index contributed by atoms with van der Waals surface area (Å²) >= 11 is 0. The quantitative estimate of drug-likeness (QED) is 0.719. The van der Waals surface area contributed by atoms with Crippen molar-refractivity contribution in [2.24, 2.45) is 5.41 Å². The van der Waals surface area contributed by atoms with E-state index < -0.39 is 0 Å². The molecular formula is C12H21NO2. The zero-order valence-electron chi connectivity index (χ0n) is 9.93. The van der Waals surface area contributed by atoms with Crippen LogP contribution in [0.5, 0.6) is 0 Å². The highest BCUT2D eigenvalue weighted by molar-refractivity contribution is 5.80. The standard InChI is InChI=1S/C12H21NO2/c1-4-9-12(7-10(14)13-9)5-6-15-11(2,3)8-12/h9H,4-8H2,1-3H3,(H,13,14). The van der Waals surface area contributed by atoms with Gasteiger partial charge in [-0.2, -0.15) is 0 Å². The minimum atomic E-state index is -0.0715. The average Bonchev–Trinajstić information content (AvgIpc) is 2.39. The molecule has 0 radical (unpaired) electrons. The molecule has 1 spiro atoms. The van der Waals surface area contributed by atoms with Crippen molar-refractivity contribution in [3.8, 4) is 0 Å². The highest BCUT2D eigenvalue weighted by atomic mass is 16.5. The largest absolute Gasteiger partial charge is 0.376 e. The summed E-state index contributed by atoms with van der Waals surface area (Å²) in [6.45, 7) is 7.20. The molecule has 1 N–H and O–H groups in total. The van der Waals surface area contributed by atoms with Gasteiger partial charge in [-0.25, -0.2) is 0 Å². The fourth-order valence-electron chi connectivity index (χ4n) is 3.34. The predicted molar refractivity (Wildman–Crippen MR) is 58.5 cm³/mol. The lowest BCUT2D eigenvalue weighted by Crippen LogP contribution is -2.47. The minimum Gasteiger partial charge on any atom is -0.376 e. The van der Waals surface area contributed by atoms with Crippen LogP contribution in [-0.2, 0) is 9.53 Å². The van der Waals surface area contributed by atoms with E-state index in [4.69, 9.17) is 4.74 Å². The lowest BCUT2D eigenvalue weighted by atomic mass is 9.68. The molecule has 0 aromatic heterocycles. The van der Waals surface area contributed by atoms with Gasteiger partial charge in [0.2, 0.25) is 5.91 Å². The van der Waals surface area contributed by atoms with Crippen molar-refractivity contribution in [2.45, 2.75) is 58.1 Å². The number of carbonyl (C=O) groups is 1. The monoisotopic (exact) mass is 211 g/mol. The molecule has 0 aromatic carbocycles. The summed E-state index contributed by atoms with van der Waals surface area (Å²) in [5.41, 5.74) is 0.0888.